The molecule has 2 aromatic carbocycles. The molecule has 3 aliphatic heterocycles. The van der Waals surface area contributed by atoms with Gasteiger partial charge in [0.2, 0.25) is 11.8 Å². The summed E-state index contributed by atoms with van der Waals surface area (Å²) in [7, 11) is 1.60. The molecule has 6 atom stereocenters. The lowest BCUT2D eigenvalue weighted by Crippen LogP contribution is -2.58. The smallest absolute Gasteiger partial charge is 0.408 e. The van der Waals surface area contributed by atoms with E-state index in [-0.39, 0.29) is 43.8 Å². The third-order valence-corrected chi connectivity index (χ3v) is 11.3. The molecule has 13 heteroatoms. The highest BCUT2D eigenvalue weighted by Gasteiger charge is 2.62. The lowest BCUT2D eigenvalue weighted by Gasteiger charge is -2.33. The van der Waals surface area contributed by atoms with Crippen LogP contribution in [0.3, 0.4) is 0 Å². The second-order valence-corrected chi connectivity index (χ2v) is 16.2. The zero-order valence-electron chi connectivity index (χ0n) is 31.7. The number of alkyl carbamates (subject to hydrolysis) is 1. The number of fused-ring (bicyclic) bond motifs is 5. The van der Waals surface area contributed by atoms with Gasteiger partial charge in [0.25, 0.3) is 5.91 Å². The number of carboxylic acid groups (broad SMARTS) is 1. The first kappa shape index (κ1) is 37.8. The van der Waals surface area contributed by atoms with Crippen molar-refractivity contribution < 1.29 is 38.6 Å². The Morgan fingerprint density at radius 2 is 1.76 bits per heavy atom. The normalized spacial score (nSPS) is 27.5. The number of amides is 4. The second kappa shape index (κ2) is 15.0. The van der Waals surface area contributed by atoms with Crippen molar-refractivity contribution in [3.8, 4) is 17.0 Å². The van der Waals surface area contributed by atoms with Crippen molar-refractivity contribution in [1.82, 2.24) is 25.4 Å². The number of para-hydroxylation sites is 1. The Kier molecular flexibility index (Phi) is 10.3. The molecule has 0 bridgehead atoms. The first-order valence-corrected chi connectivity index (χ1v) is 19.1. The molecule has 2 saturated heterocycles. The predicted octanol–water partition coefficient (Wildman–Crippen LogP) is 5.18. The van der Waals surface area contributed by atoms with Crippen LogP contribution in [0.1, 0.15) is 69.7 Å². The molecule has 1 aromatic heterocycles. The van der Waals surface area contributed by atoms with Gasteiger partial charge < -0.3 is 35.0 Å². The topological polar surface area (TPSA) is 167 Å². The number of hydrogen-bond acceptors (Lipinski definition) is 8. The molecule has 3 fully saturated rings. The predicted molar refractivity (Wildman–Crippen MR) is 204 cm³/mol. The molecule has 1 aliphatic carbocycles. The van der Waals surface area contributed by atoms with Gasteiger partial charge in [-0.3, -0.25) is 14.4 Å². The maximum absolute atomic E-state index is 14.5. The van der Waals surface area contributed by atoms with Crippen LogP contribution >= 0.6 is 0 Å². The maximum Gasteiger partial charge on any atom is 0.408 e. The third kappa shape index (κ3) is 7.74. The summed E-state index contributed by atoms with van der Waals surface area (Å²) in [6.45, 7) is 5.84. The van der Waals surface area contributed by atoms with Gasteiger partial charge >= 0.3 is 12.1 Å². The minimum Gasteiger partial charge on any atom is -0.497 e. The number of allylic oxidation sites excluding steroid dienone is 1. The number of aromatic nitrogens is 1. The van der Waals surface area contributed by atoms with E-state index in [4.69, 9.17) is 14.5 Å². The summed E-state index contributed by atoms with van der Waals surface area (Å²) in [4.78, 5) is 77.2. The average molecular weight is 752 g/mol. The summed E-state index contributed by atoms with van der Waals surface area (Å²) in [5.74, 6) is -2.77. The van der Waals surface area contributed by atoms with Crippen LogP contribution in [0.5, 0.6) is 5.75 Å². The summed E-state index contributed by atoms with van der Waals surface area (Å²) >= 11 is 0. The number of pyridine rings is 1. The highest BCUT2D eigenvalue weighted by atomic mass is 16.6. The summed E-state index contributed by atoms with van der Waals surface area (Å²) in [5.41, 5.74) is 0.301. The van der Waals surface area contributed by atoms with E-state index >= 15 is 0 Å². The molecule has 55 heavy (non-hydrogen) atoms. The minimum absolute atomic E-state index is 0.162. The van der Waals surface area contributed by atoms with Crippen LogP contribution < -0.4 is 15.4 Å². The molecule has 3 N–H and O–H groups in total. The molecule has 4 aliphatic rings. The maximum atomic E-state index is 14.5. The summed E-state index contributed by atoms with van der Waals surface area (Å²) < 4.78 is 10.8. The van der Waals surface area contributed by atoms with Crippen LogP contribution in [-0.4, -0.2) is 99.6 Å². The van der Waals surface area contributed by atoms with E-state index < -0.39 is 53.0 Å². The zero-order chi connectivity index (χ0) is 39.1. The third-order valence-electron chi connectivity index (χ3n) is 11.3. The second-order valence-electron chi connectivity index (χ2n) is 16.2. The Bertz CT molecular complexity index is 2030. The van der Waals surface area contributed by atoms with Crippen molar-refractivity contribution >= 4 is 40.7 Å². The first-order chi connectivity index (χ1) is 26.3. The van der Waals surface area contributed by atoms with Gasteiger partial charge in [-0.15, -0.1) is 0 Å². The molecular formula is C42H49N5O8. The van der Waals surface area contributed by atoms with Crippen molar-refractivity contribution in [3.05, 3.63) is 72.3 Å². The highest BCUT2D eigenvalue weighted by Crippen LogP contribution is 2.46. The number of nitrogens with one attached hydrogen (secondary N) is 2. The van der Waals surface area contributed by atoms with Crippen LogP contribution in [0.15, 0.2) is 66.7 Å². The van der Waals surface area contributed by atoms with Crippen molar-refractivity contribution in [2.75, 3.05) is 26.7 Å². The zero-order valence-corrected chi connectivity index (χ0v) is 31.7. The van der Waals surface area contributed by atoms with Gasteiger partial charge in [0.05, 0.1) is 23.9 Å². The van der Waals surface area contributed by atoms with Gasteiger partial charge in [0.1, 0.15) is 29.0 Å². The Balaban J connectivity index is 1.20. The molecule has 13 nitrogen and oxygen atoms in total. The van der Waals surface area contributed by atoms with E-state index in [2.05, 4.69) is 10.6 Å². The SMILES string of the molecule is COc1ccc(-c2cc(C(=O)N3C[C@H]4CN5C(=O)[C@H](NC(=O)OC(C)(C)C)CCCCC/C=C\[C@@H]6C[C@@]6(C(=O)O)NC(=O)[C@@H]5[C@H]4C3)c3ccccc3n2)cc1. The minimum atomic E-state index is -1.48. The molecule has 3 aromatic rings. The van der Waals surface area contributed by atoms with E-state index in [1.807, 2.05) is 60.7 Å². The Labute approximate surface area is 320 Å². The number of methoxy groups -OCH3 is 1. The molecule has 0 radical (unpaired) electrons. The van der Waals surface area contributed by atoms with Gasteiger partial charge in [0, 0.05) is 48.3 Å². The van der Waals surface area contributed by atoms with Crippen LogP contribution in [0.25, 0.3) is 22.2 Å². The monoisotopic (exact) mass is 751 g/mol. The molecule has 290 valence electrons. The van der Waals surface area contributed by atoms with Gasteiger partial charge in [-0.25, -0.2) is 14.6 Å². The number of hydrogen-bond donors (Lipinski definition) is 3. The van der Waals surface area contributed by atoms with Crippen LogP contribution in [0.4, 0.5) is 4.79 Å². The molecule has 1 saturated carbocycles. The Morgan fingerprint density at radius 1 is 1.00 bits per heavy atom. The number of carbonyl (C=O) groups excluding carboxylic acids is 4. The fourth-order valence-corrected chi connectivity index (χ4v) is 8.42. The number of benzene rings is 2. The van der Waals surface area contributed by atoms with Crippen LogP contribution in [-0.2, 0) is 19.1 Å². The number of carboxylic acids is 1. The molecule has 4 amide bonds. The number of carbonyl (C=O) groups is 5. The molecular weight excluding hydrogens is 702 g/mol. The lowest BCUT2D eigenvalue weighted by molar-refractivity contribution is -0.146. The van der Waals surface area contributed by atoms with Crippen molar-refractivity contribution in [2.24, 2.45) is 17.8 Å². The quantitative estimate of drug-likeness (QED) is 0.298. The van der Waals surface area contributed by atoms with E-state index in [1.54, 1.807) is 38.8 Å². The Morgan fingerprint density at radius 3 is 2.49 bits per heavy atom. The van der Waals surface area contributed by atoms with Crippen molar-refractivity contribution in [3.63, 3.8) is 0 Å². The highest BCUT2D eigenvalue weighted by molar-refractivity contribution is 6.07. The standard InChI is InChI=1S/C42H49N5O8/c1-41(2,3)55-40(53)44-33-15-9-7-5-6-8-12-27-21-42(27,39(51)52)45-36(48)35-31-24-46(22-26(31)23-47(35)38(33)50)37(49)30-20-34(25-16-18-28(54-4)19-17-25)43-32-14-11-10-13-29(30)32/h8,10-14,16-20,26-27,31,33,35H,5-7,9,15,21-24H2,1-4H3,(H,44,53)(H,45,48)(H,51,52)/b12-8-/t26-,27+,31-,33+,35-,42+/m0/s1. The van der Waals surface area contributed by atoms with Gasteiger partial charge in [-0.05, 0) is 82.9 Å². The molecule has 4 heterocycles. The van der Waals surface area contributed by atoms with E-state index in [1.165, 1.54) is 4.90 Å². The Hall–Kier alpha value is -5.46. The summed E-state index contributed by atoms with van der Waals surface area (Å²) in [6.07, 6.45) is 6.71. The molecule has 7 rings (SSSR count). The average Bonchev–Trinajstić information content (AvgIpc) is 3.50. The molecule has 0 unspecified atom stereocenters. The summed E-state index contributed by atoms with van der Waals surface area (Å²) in [5, 5.41) is 16.6. The lowest BCUT2D eigenvalue weighted by atomic mass is 9.93. The number of aliphatic carboxylic acids is 1. The van der Waals surface area contributed by atoms with Gasteiger partial charge in [-0.1, -0.05) is 43.2 Å². The van der Waals surface area contributed by atoms with Crippen molar-refractivity contribution in [2.45, 2.75) is 82.5 Å². The van der Waals surface area contributed by atoms with E-state index in [9.17, 15) is 29.1 Å². The summed E-state index contributed by atoms with van der Waals surface area (Å²) in [6, 6.07) is 14.7. The molecule has 0 spiro atoms. The van der Waals surface area contributed by atoms with E-state index in [0.717, 1.165) is 24.8 Å². The number of rotatable bonds is 5. The van der Waals surface area contributed by atoms with Gasteiger partial charge in [0.15, 0.2) is 0 Å². The van der Waals surface area contributed by atoms with Gasteiger partial charge in [-0.2, -0.15) is 0 Å². The number of likely N-dealkylation sites (tertiary alicyclic amines) is 1. The number of nitrogens with zero attached hydrogens (tertiary/aromatic N) is 3. The largest absolute Gasteiger partial charge is 0.497 e. The van der Waals surface area contributed by atoms with Crippen LogP contribution in [0.2, 0.25) is 0 Å². The van der Waals surface area contributed by atoms with Crippen LogP contribution in [0, 0.1) is 17.8 Å². The first-order valence-electron chi connectivity index (χ1n) is 19.1. The van der Waals surface area contributed by atoms with E-state index in [0.29, 0.717) is 40.8 Å². The fourth-order valence-electron chi connectivity index (χ4n) is 8.42. The number of ether oxygens (including phenoxy) is 2. The van der Waals surface area contributed by atoms with Crippen molar-refractivity contribution in [1.29, 1.82) is 0 Å². The fraction of sp³-hybridized carbons (Fsp3) is 0.476.